The van der Waals surface area contributed by atoms with Gasteiger partial charge in [-0.05, 0) is 68.0 Å². The minimum Gasteiger partial charge on any atom is -0.376 e. The monoisotopic (exact) mass is 292 g/mol. The van der Waals surface area contributed by atoms with E-state index in [1.807, 2.05) is 0 Å². The molecule has 2 bridgehead atoms. The van der Waals surface area contributed by atoms with Crippen molar-refractivity contribution < 1.29 is 4.74 Å². The van der Waals surface area contributed by atoms with Crippen LogP contribution in [0.25, 0.3) is 0 Å². The molecule has 0 aromatic carbocycles. The van der Waals surface area contributed by atoms with Crippen molar-refractivity contribution in [3.63, 3.8) is 0 Å². The molecule has 1 aliphatic heterocycles. The topological polar surface area (TPSA) is 33.3 Å². The Morgan fingerprint density at radius 2 is 2.25 bits per heavy atom. The van der Waals surface area contributed by atoms with E-state index < -0.39 is 0 Å². The molecule has 2 saturated carbocycles. The molecule has 1 heterocycles. The third-order valence-corrected chi connectivity index (χ3v) is 6.10. The van der Waals surface area contributed by atoms with Gasteiger partial charge in [0.2, 0.25) is 0 Å². The van der Waals surface area contributed by atoms with Gasteiger partial charge >= 0.3 is 0 Å². The highest BCUT2D eigenvalue weighted by atomic mass is 32.1. The summed E-state index contributed by atoms with van der Waals surface area (Å²) in [5.41, 5.74) is 0. The van der Waals surface area contributed by atoms with Crippen molar-refractivity contribution in [2.75, 3.05) is 13.2 Å². The second kappa shape index (κ2) is 5.30. The van der Waals surface area contributed by atoms with Gasteiger partial charge in [-0.3, -0.25) is 0 Å². The smallest absolute Gasteiger partial charge is 0.166 e. The van der Waals surface area contributed by atoms with Gasteiger partial charge in [-0.1, -0.05) is 12.2 Å². The van der Waals surface area contributed by atoms with Crippen LogP contribution < -0.4 is 10.6 Å². The Labute approximate surface area is 126 Å². The van der Waals surface area contributed by atoms with E-state index in [4.69, 9.17) is 17.0 Å². The maximum Gasteiger partial charge on any atom is 0.166 e. The average Bonchev–Trinajstić information content (AvgIpc) is 3.18. The van der Waals surface area contributed by atoms with E-state index >= 15 is 0 Å². The van der Waals surface area contributed by atoms with E-state index in [0.29, 0.717) is 12.1 Å². The van der Waals surface area contributed by atoms with Crippen LogP contribution in [0.3, 0.4) is 0 Å². The van der Waals surface area contributed by atoms with Gasteiger partial charge in [0.25, 0.3) is 0 Å². The molecule has 0 aromatic rings. The molecule has 4 rings (SSSR count). The summed E-state index contributed by atoms with van der Waals surface area (Å²) >= 11 is 5.47. The Kier molecular flexibility index (Phi) is 3.47. The Morgan fingerprint density at radius 3 is 3.10 bits per heavy atom. The summed E-state index contributed by atoms with van der Waals surface area (Å²) in [5, 5.41) is 7.76. The zero-order valence-electron chi connectivity index (χ0n) is 11.9. The molecule has 1 saturated heterocycles. The Balaban J connectivity index is 1.27. The van der Waals surface area contributed by atoms with Gasteiger partial charge in [0.05, 0.1) is 6.10 Å². The van der Waals surface area contributed by atoms with E-state index in [-0.39, 0.29) is 0 Å². The molecule has 0 radical (unpaired) electrons. The van der Waals surface area contributed by atoms with E-state index in [1.165, 1.54) is 25.7 Å². The van der Waals surface area contributed by atoms with Crippen molar-refractivity contribution >= 4 is 17.3 Å². The maximum atomic E-state index is 5.62. The van der Waals surface area contributed by atoms with Crippen molar-refractivity contribution in [2.45, 2.75) is 44.2 Å². The van der Waals surface area contributed by atoms with Crippen LogP contribution in [0, 0.1) is 23.7 Å². The van der Waals surface area contributed by atoms with Crippen LogP contribution in [0.5, 0.6) is 0 Å². The van der Waals surface area contributed by atoms with E-state index in [2.05, 4.69) is 22.8 Å². The lowest BCUT2D eigenvalue weighted by Gasteiger charge is -2.32. The third-order valence-electron chi connectivity index (χ3n) is 5.84. The minimum absolute atomic E-state index is 0.358. The predicted molar refractivity (Wildman–Crippen MR) is 83.4 cm³/mol. The van der Waals surface area contributed by atoms with Crippen LogP contribution in [0.4, 0.5) is 0 Å². The fraction of sp³-hybridized carbons (Fsp3) is 0.812. The molecule has 2 N–H and O–H groups in total. The fourth-order valence-electron chi connectivity index (χ4n) is 4.94. The van der Waals surface area contributed by atoms with Crippen molar-refractivity contribution in [3.8, 4) is 0 Å². The molecule has 0 spiro atoms. The number of hydrogen-bond donors (Lipinski definition) is 2. The van der Waals surface area contributed by atoms with Gasteiger partial charge in [0.1, 0.15) is 0 Å². The standard InChI is InChI=1S/C16H24N2OS/c20-16(17-9-11-3-2-6-19-11)18-15-8-10-7-14(15)13-5-1-4-12(10)13/h1,5,10-15H,2-4,6-9H2,(H2,17,18,20)/t10-,11+,12-,13-,14-,15+/m0/s1. The molecule has 3 fully saturated rings. The van der Waals surface area contributed by atoms with Crippen molar-refractivity contribution in [1.29, 1.82) is 0 Å². The van der Waals surface area contributed by atoms with Gasteiger partial charge in [0, 0.05) is 19.2 Å². The summed E-state index contributed by atoms with van der Waals surface area (Å²) < 4.78 is 5.62. The van der Waals surface area contributed by atoms with Crippen molar-refractivity contribution in [2.24, 2.45) is 23.7 Å². The maximum absolute atomic E-state index is 5.62. The molecule has 110 valence electrons. The van der Waals surface area contributed by atoms with Crippen LogP contribution in [0.1, 0.15) is 32.1 Å². The SMILES string of the molecule is S=C(NC[C@H]1CCCO1)N[C@@H]1C[C@@H]2C[C@H]1[C@H]1C=CC[C@@H]21. The summed E-state index contributed by atoms with van der Waals surface area (Å²) in [6, 6.07) is 0.591. The first-order valence-corrected chi connectivity index (χ1v) is 8.54. The third kappa shape index (κ3) is 2.27. The molecular weight excluding hydrogens is 268 g/mol. The number of hydrogen-bond acceptors (Lipinski definition) is 2. The van der Waals surface area contributed by atoms with E-state index in [1.54, 1.807) is 0 Å². The molecule has 3 nitrogen and oxygen atoms in total. The molecule has 0 aromatic heterocycles. The van der Waals surface area contributed by atoms with Crippen LogP contribution >= 0.6 is 12.2 Å². The van der Waals surface area contributed by atoms with Gasteiger partial charge in [-0.2, -0.15) is 0 Å². The first kappa shape index (κ1) is 13.1. The summed E-state index contributed by atoms with van der Waals surface area (Å²) in [6.45, 7) is 1.77. The van der Waals surface area contributed by atoms with Crippen LogP contribution in [-0.4, -0.2) is 30.4 Å². The predicted octanol–water partition coefficient (Wildman–Crippen LogP) is 2.23. The van der Waals surface area contributed by atoms with Crippen molar-refractivity contribution in [1.82, 2.24) is 10.6 Å². The average molecular weight is 292 g/mol. The van der Waals surface area contributed by atoms with Crippen LogP contribution in [0.2, 0.25) is 0 Å². The zero-order valence-corrected chi connectivity index (χ0v) is 12.7. The lowest BCUT2D eigenvalue weighted by Crippen LogP contribution is -2.48. The van der Waals surface area contributed by atoms with E-state index in [0.717, 1.165) is 48.4 Å². The number of thiocarbonyl (C=S) groups is 1. The molecule has 6 atom stereocenters. The second-order valence-electron chi connectivity index (χ2n) is 6.90. The molecule has 4 aliphatic rings. The quantitative estimate of drug-likeness (QED) is 0.617. The van der Waals surface area contributed by atoms with Gasteiger partial charge < -0.3 is 15.4 Å². The summed E-state index contributed by atoms with van der Waals surface area (Å²) in [6.07, 6.45) is 11.6. The normalized spacial score (nSPS) is 44.8. The second-order valence-corrected chi connectivity index (χ2v) is 7.30. The Hall–Kier alpha value is -0.610. The molecule has 20 heavy (non-hydrogen) atoms. The highest BCUT2D eigenvalue weighted by Crippen LogP contribution is 2.56. The zero-order chi connectivity index (χ0) is 13.5. The first-order chi connectivity index (χ1) is 9.81. The number of ether oxygens (including phenoxy) is 1. The van der Waals surface area contributed by atoms with Gasteiger partial charge in [-0.25, -0.2) is 0 Å². The highest BCUT2D eigenvalue weighted by molar-refractivity contribution is 7.80. The largest absolute Gasteiger partial charge is 0.376 e. The van der Waals surface area contributed by atoms with E-state index in [9.17, 15) is 0 Å². The molecule has 4 heteroatoms. The van der Waals surface area contributed by atoms with Crippen molar-refractivity contribution in [3.05, 3.63) is 12.2 Å². The lowest BCUT2D eigenvalue weighted by atomic mass is 9.79. The summed E-state index contributed by atoms with van der Waals surface area (Å²) in [5.74, 6) is 3.52. The Morgan fingerprint density at radius 1 is 1.30 bits per heavy atom. The summed E-state index contributed by atoms with van der Waals surface area (Å²) in [4.78, 5) is 0. The number of fused-ring (bicyclic) bond motifs is 5. The van der Waals surface area contributed by atoms with Crippen LogP contribution in [-0.2, 0) is 4.74 Å². The fourth-order valence-corrected chi connectivity index (χ4v) is 5.18. The highest BCUT2D eigenvalue weighted by Gasteiger charge is 2.52. The number of nitrogens with one attached hydrogen (secondary N) is 2. The Bertz CT molecular complexity index is 419. The molecular formula is C16H24N2OS. The first-order valence-electron chi connectivity index (χ1n) is 8.14. The number of allylic oxidation sites excluding steroid dienone is 2. The number of rotatable bonds is 3. The van der Waals surface area contributed by atoms with Gasteiger partial charge in [-0.15, -0.1) is 0 Å². The lowest BCUT2D eigenvalue weighted by molar-refractivity contribution is 0.114. The molecule has 0 unspecified atom stereocenters. The molecule has 3 aliphatic carbocycles. The minimum atomic E-state index is 0.358. The molecule has 0 amide bonds. The van der Waals surface area contributed by atoms with Gasteiger partial charge in [0.15, 0.2) is 5.11 Å². The van der Waals surface area contributed by atoms with Crippen LogP contribution in [0.15, 0.2) is 12.2 Å². The summed E-state index contributed by atoms with van der Waals surface area (Å²) in [7, 11) is 0.